The molecule has 1 unspecified atom stereocenters. The third kappa shape index (κ3) is 4.59. The largest absolute Gasteiger partial charge is 0.480 e. The molecule has 1 saturated carbocycles. The molecule has 21 heavy (non-hydrogen) atoms. The van der Waals surface area contributed by atoms with Crippen LogP contribution in [0.2, 0.25) is 0 Å². The van der Waals surface area contributed by atoms with Crippen LogP contribution in [-0.4, -0.2) is 64.8 Å². The number of nitrogens with zero attached hydrogens (tertiary/aromatic N) is 2. The minimum atomic E-state index is -0.733. The monoisotopic (exact) mass is 298 g/mol. The Morgan fingerprint density at radius 1 is 1.14 bits per heavy atom. The van der Waals surface area contributed by atoms with E-state index in [0.717, 1.165) is 25.8 Å². The van der Waals surface area contributed by atoms with Crippen LogP contribution in [0.25, 0.3) is 0 Å². The van der Waals surface area contributed by atoms with E-state index in [2.05, 4.69) is 0 Å². The van der Waals surface area contributed by atoms with Gasteiger partial charge in [-0.2, -0.15) is 0 Å². The number of carbonyl (C=O) groups is 2. The number of amides is 1. The van der Waals surface area contributed by atoms with E-state index >= 15 is 0 Å². The number of rotatable bonds is 3. The third-order valence-corrected chi connectivity index (χ3v) is 3.90. The van der Waals surface area contributed by atoms with Gasteiger partial charge < -0.3 is 14.7 Å². The third-order valence-electron chi connectivity index (χ3n) is 3.90. The first-order chi connectivity index (χ1) is 9.78. The number of carboxylic acid groups (broad SMARTS) is 1. The molecular weight excluding hydrogens is 272 g/mol. The van der Waals surface area contributed by atoms with Gasteiger partial charge in [-0.1, -0.05) is 0 Å². The number of carbonyl (C=O) groups excluding carboxylic acids is 1. The van der Waals surface area contributed by atoms with E-state index in [1.54, 1.807) is 4.90 Å². The molecule has 6 heteroatoms. The zero-order valence-corrected chi connectivity index (χ0v) is 13.2. The van der Waals surface area contributed by atoms with Gasteiger partial charge in [-0.05, 0) is 46.0 Å². The van der Waals surface area contributed by atoms with Gasteiger partial charge in [-0.25, -0.2) is 4.79 Å². The molecule has 0 aromatic carbocycles. The van der Waals surface area contributed by atoms with Crippen LogP contribution in [0.15, 0.2) is 0 Å². The first-order valence-electron chi connectivity index (χ1n) is 7.73. The predicted octanol–water partition coefficient (Wildman–Crippen LogP) is 1.79. The molecule has 1 amide bonds. The number of hydrogen-bond donors (Lipinski definition) is 1. The fourth-order valence-electron chi connectivity index (χ4n) is 2.79. The number of aliphatic carboxylic acids is 1. The summed E-state index contributed by atoms with van der Waals surface area (Å²) in [6.45, 7) is 8.04. The highest BCUT2D eigenvalue weighted by atomic mass is 16.6. The first-order valence-corrected chi connectivity index (χ1v) is 7.73. The summed E-state index contributed by atoms with van der Waals surface area (Å²) in [4.78, 5) is 27.3. The van der Waals surface area contributed by atoms with E-state index in [4.69, 9.17) is 4.74 Å². The molecule has 1 aliphatic carbocycles. The Morgan fingerprint density at radius 3 is 2.33 bits per heavy atom. The summed E-state index contributed by atoms with van der Waals surface area (Å²) in [5, 5.41) is 9.41. The van der Waals surface area contributed by atoms with Gasteiger partial charge in [0, 0.05) is 26.2 Å². The summed E-state index contributed by atoms with van der Waals surface area (Å²) in [6.07, 6.45) is 2.49. The molecule has 120 valence electrons. The molecule has 1 N–H and O–H groups in total. The minimum Gasteiger partial charge on any atom is -0.480 e. The molecule has 2 fully saturated rings. The van der Waals surface area contributed by atoms with Crippen LogP contribution in [0.5, 0.6) is 0 Å². The van der Waals surface area contributed by atoms with E-state index < -0.39 is 11.6 Å². The smallest absolute Gasteiger partial charge is 0.410 e. The van der Waals surface area contributed by atoms with Gasteiger partial charge in [-0.15, -0.1) is 0 Å². The topological polar surface area (TPSA) is 70.1 Å². The molecule has 6 nitrogen and oxygen atoms in total. The molecule has 0 aromatic heterocycles. The second-order valence-electron chi connectivity index (χ2n) is 6.98. The fourth-order valence-corrected chi connectivity index (χ4v) is 2.79. The SMILES string of the molecule is CC(C)(C)OC(=O)N1CCCN(C(C(=O)O)C2CC2)CC1. The Labute approximate surface area is 126 Å². The molecule has 2 rings (SSSR count). The average molecular weight is 298 g/mol. The fraction of sp³-hybridized carbons (Fsp3) is 0.867. The van der Waals surface area contributed by atoms with Crippen LogP contribution < -0.4 is 0 Å². The molecule has 2 aliphatic rings. The highest BCUT2D eigenvalue weighted by molar-refractivity contribution is 5.74. The lowest BCUT2D eigenvalue weighted by Gasteiger charge is -2.28. The minimum absolute atomic E-state index is 0.288. The van der Waals surface area contributed by atoms with Gasteiger partial charge in [0.05, 0.1) is 0 Å². The van der Waals surface area contributed by atoms with Crippen LogP contribution in [0, 0.1) is 5.92 Å². The molecule has 1 atom stereocenters. The predicted molar refractivity (Wildman–Crippen MR) is 78.1 cm³/mol. The Bertz CT molecular complexity index is 401. The zero-order valence-electron chi connectivity index (χ0n) is 13.2. The Hall–Kier alpha value is -1.30. The second kappa shape index (κ2) is 6.22. The van der Waals surface area contributed by atoms with Crippen molar-refractivity contribution in [3.8, 4) is 0 Å². The van der Waals surface area contributed by atoms with Gasteiger partial charge >= 0.3 is 12.1 Å². The van der Waals surface area contributed by atoms with E-state index in [-0.39, 0.29) is 18.1 Å². The van der Waals surface area contributed by atoms with E-state index in [0.29, 0.717) is 19.6 Å². The maximum atomic E-state index is 12.1. The summed E-state index contributed by atoms with van der Waals surface area (Å²) in [7, 11) is 0. The van der Waals surface area contributed by atoms with Crippen LogP contribution in [0.4, 0.5) is 4.79 Å². The van der Waals surface area contributed by atoms with Crippen molar-refractivity contribution in [2.24, 2.45) is 5.92 Å². The van der Waals surface area contributed by atoms with Crippen molar-refractivity contribution < 1.29 is 19.4 Å². The number of hydrogen-bond acceptors (Lipinski definition) is 4. The molecule has 0 spiro atoms. The van der Waals surface area contributed by atoms with Gasteiger partial charge in [0.25, 0.3) is 0 Å². The van der Waals surface area contributed by atoms with E-state index in [1.165, 1.54) is 0 Å². The van der Waals surface area contributed by atoms with Gasteiger partial charge in [-0.3, -0.25) is 9.69 Å². The summed E-state index contributed by atoms with van der Waals surface area (Å²) in [5.41, 5.74) is -0.499. The van der Waals surface area contributed by atoms with Crippen molar-refractivity contribution in [1.82, 2.24) is 9.80 Å². The van der Waals surface area contributed by atoms with Crippen LogP contribution in [0.1, 0.15) is 40.0 Å². The summed E-state index contributed by atoms with van der Waals surface area (Å²) < 4.78 is 5.39. The van der Waals surface area contributed by atoms with Crippen molar-refractivity contribution >= 4 is 12.1 Å². The van der Waals surface area contributed by atoms with Gasteiger partial charge in [0.15, 0.2) is 0 Å². The molecule has 1 saturated heterocycles. The first kappa shape index (κ1) is 16.1. The summed E-state index contributed by atoms with van der Waals surface area (Å²) in [6, 6.07) is -0.386. The van der Waals surface area contributed by atoms with Crippen molar-refractivity contribution in [2.45, 2.75) is 51.7 Å². The molecule has 1 heterocycles. The zero-order chi connectivity index (χ0) is 15.6. The Kier molecular flexibility index (Phi) is 4.76. The molecule has 0 aromatic rings. The Morgan fingerprint density at radius 2 is 1.81 bits per heavy atom. The number of ether oxygens (including phenoxy) is 1. The lowest BCUT2D eigenvalue weighted by molar-refractivity contribution is -0.144. The van der Waals surface area contributed by atoms with Crippen LogP contribution in [0.3, 0.4) is 0 Å². The number of carboxylic acids is 1. The molecule has 1 aliphatic heterocycles. The highest BCUT2D eigenvalue weighted by Gasteiger charge is 2.40. The molecule has 0 radical (unpaired) electrons. The van der Waals surface area contributed by atoms with Crippen molar-refractivity contribution in [2.75, 3.05) is 26.2 Å². The Balaban J connectivity index is 1.92. The molecular formula is C15H26N2O4. The van der Waals surface area contributed by atoms with Crippen molar-refractivity contribution in [3.63, 3.8) is 0 Å². The lowest BCUT2D eigenvalue weighted by atomic mass is 10.1. The average Bonchev–Trinajstić information content (AvgIpc) is 3.13. The van der Waals surface area contributed by atoms with Gasteiger partial charge in [0.2, 0.25) is 0 Å². The van der Waals surface area contributed by atoms with Crippen molar-refractivity contribution in [1.29, 1.82) is 0 Å². The lowest BCUT2D eigenvalue weighted by Crippen LogP contribution is -2.45. The van der Waals surface area contributed by atoms with Crippen LogP contribution in [-0.2, 0) is 9.53 Å². The maximum Gasteiger partial charge on any atom is 0.410 e. The van der Waals surface area contributed by atoms with E-state index in [1.807, 2.05) is 25.7 Å². The maximum absolute atomic E-state index is 12.1. The second-order valence-corrected chi connectivity index (χ2v) is 6.98. The standard InChI is InChI=1S/C15H26N2O4/c1-15(2,3)21-14(20)17-8-4-7-16(9-10-17)12(13(18)19)11-5-6-11/h11-12H,4-10H2,1-3H3,(H,18,19). The van der Waals surface area contributed by atoms with Crippen LogP contribution >= 0.6 is 0 Å². The van der Waals surface area contributed by atoms with Gasteiger partial charge in [0.1, 0.15) is 11.6 Å². The summed E-state index contributed by atoms with van der Waals surface area (Å²) in [5.74, 6) is -0.446. The quantitative estimate of drug-likeness (QED) is 0.860. The normalized spacial score (nSPS) is 22.5. The van der Waals surface area contributed by atoms with Crippen molar-refractivity contribution in [3.05, 3.63) is 0 Å². The highest BCUT2D eigenvalue weighted by Crippen LogP contribution is 2.35. The summed E-state index contributed by atoms with van der Waals surface area (Å²) >= 11 is 0. The molecule has 0 bridgehead atoms. The van der Waals surface area contributed by atoms with E-state index in [9.17, 15) is 14.7 Å².